The highest BCUT2D eigenvalue weighted by Gasteiger charge is 2.38. The molecule has 2 aromatic heterocycles. The molecular formula is C18H25N3OS2. The molecule has 24 heavy (non-hydrogen) atoms. The Morgan fingerprint density at radius 2 is 2.00 bits per heavy atom. The molecule has 3 rings (SSSR count). The van der Waals surface area contributed by atoms with Crippen molar-refractivity contribution >= 4 is 28.6 Å². The molecule has 0 radical (unpaired) electrons. The fourth-order valence-corrected chi connectivity index (χ4v) is 5.40. The summed E-state index contributed by atoms with van der Waals surface area (Å²) < 4.78 is 0. The van der Waals surface area contributed by atoms with Gasteiger partial charge in [-0.05, 0) is 52.0 Å². The molecule has 3 heterocycles. The first-order chi connectivity index (χ1) is 11.2. The number of hydrogen-bond donors (Lipinski definition) is 2. The van der Waals surface area contributed by atoms with Gasteiger partial charge in [-0.2, -0.15) is 0 Å². The summed E-state index contributed by atoms with van der Waals surface area (Å²) in [6.45, 7) is 8.78. The van der Waals surface area contributed by atoms with Crippen LogP contribution in [-0.2, 0) is 11.2 Å². The molecule has 0 atom stereocenters. The van der Waals surface area contributed by atoms with Gasteiger partial charge in [0.05, 0.1) is 17.0 Å². The number of nitrogens with zero attached hydrogens (tertiary/aromatic N) is 1. The van der Waals surface area contributed by atoms with Gasteiger partial charge in [0, 0.05) is 22.5 Å². The number of carbonyl (C=O) groups is 1. The van der Waals surface area contributed by atoms with Gasteiger partial charge in [-0.1, -0.05) is 6.07 Å². The van der Waals surface area contributed by atoms with E-state index in [9.17, 15) is 4.79 Å². The van der Waals surface area contributed by atoms with Crippen LogP contribution in [0, 0.1) is 0 Å². The molecule has 2 aromatic rings. The normalized spacial score (nSPS) is 20.0. The van der Waals surface area contributed by atoms with Gasteiger partial charge in [0.2, 0.25) is 5.91 Å². The van der Waals surface area contributed by atoms with Crippen molar-refractivity contribution in [1.29, 1.82) is 0 Å². The highest BCUT2D eigenvalue weighted by atomic mass is 32.1. The number of piperidine rings is 1. The summed E-state index contributed by atoms with van der Waals surface area (Å²) in [5, 5.41) is 11.9. The predicted octanol–water partition coefficient (Wildman–Crippen LogP) is 3.84. The Bertz CT molecular complexity index is 688. The summed E-state index contributed by atoms with van der Waals surface area (Å²) in [5.41, 5.74) is 0.924. The van der Waals surface area contributed by atoms with Crippen LogP contribution in [0.15, 0.2) is 22.9 Å². The number of amides is 1. The molecule has 1 amide bonds. The SMILES string of the molecule is CC1(C)CC(NC(=O)Cc2csc(-c3cccs3)n2)CC(C)(C)N1. The van der Waals surface area contributed by atoms with Gasteiger partial charge in [0.15, 0.2) is 0 Å². The third kappa shape index (κ3) is 4.43. The van der Waals surface area contributed by atoms with Crippen molar-refractivity contribution < 1.29 is 4.79 Å². The second-order valence-electron chi connectivity index (χ2n) is 7.86. The van der Waals surface area contributed by atoms with Crippen molar-refractivity contribution in [2.24, 2.45) is 0 Å². The summed E-state index contributed by atoms with van der Waals surface area (Å²) >= 11 is 3.28. The van der Waals surface area contributed by atoms with E-state index in [0.29, 0.717) is 6.42 Å². The lowest BCUT2D eigenvalue weighted by atomic mass is 9.79. The van der Waals surface area contributed by atoms with E-state index in [1.165, 1.54) is 0 Å². The molecule has 0 spiro atoms. The van der Waals surface area contributed by atoms with Crippen LogP contribution >= 0.6 is 22.7 Å². The maximum absolute atomic E-state index is 12.4. The van der Waals surface area contributed by atoms with E-state index >= 15 is 0 Å². The van der Waals surface area contributed by atoms with Crippen LogP contribution in [0.3, 0.4) is 0 Å². The fraction of sp³-hybridized carbons (Fsp3) is 0.556. The molecular weight excluding hydrogens is 338 g/mol. The molecule has 130 valence electrons. The topological polar surface area (TPSA) is 54.0 Å². The fourth-order valence-electron chi connectivity index (χ4n) is 3.77. The number of hydrogen-bond acceptors (Lipinski definition) is 5. The van der Waals surface area contributed by atoms with Crippen molar-refractivity contribution in [1.82, 2.24) is 15.6 Å². The molecule has 1 fully saturated rings. The van der Waals surface area contributed by atoms with Crippen LogP contribution in [0.5, 0.6) is 0 Å². The number of carbonyl (C=O) groups excluding carboxylic acids is 1. The standard InChI is InChI=1S/C18H25N3OS2/c1-17(2)9-13(10-18(3,4)21-17)19-15(22)8-12-11-24-16(20-12)14-6-5-7-23-14/h5-7,11,13,21H,8-10H2,1-4H3,(H,19,22). The van der Waals surface area contributed by atoms with Crippen LogP contribution in [-0.4, -0.2) is 28.0 Å². The second-order valence-corrected chi connectivity index (χ2v) is 9.67. The quantitative estimate of drug-likeness (QED) is 0.868. The van der Waals surface area contributed by atoms with Gasteiger partial charge >= 0.3 is 0 Å². The number of aromatic nitrogens is 1. The van der Waals surface area contributed by atoms with Crippen LogP contribution in [0.1, 0.15) is 46.2 Å². The van der Waals surface area contributed by atoms with E-state index in [4.69, 9.17) is 0 Å². The first kappa shape index (κ1) is 17.6. The van der Waals surface area contributed by atoms with Crippen LogP contribution in [0.25, 0.3) is 9.88 Å². The zero-order chi connectivity index (χ0) is 17.4. The van der Waals surface area contributed by atoms with Gasteiger partial charge < -0.3 is 10.6 Å². The molecule has 0 aromatic carbocycles. The molecule has 6 heteroatoms. The first-order valence-electron chi connectivity index (χ1n) is 8.29. The Morgan fingerprint density at radius 1 is 1.29 bits per heavy atom. The lowest BCUT2D eigenvalue weighted by Gasteiger charge is -2.46. The molecule has 0 bridgehead atoms. The molecule has 1 saturated heterocycles. The highest BCUT2D eigenvalue weighted by Crippen LogP contribution is 2.29. The highest BCUT2D eigenvalue weighted by molar-refractivity contribution is 7.20. The van der Waals surface area contributed by atoms with E-state index in [1.807, 2.05) is 16.8 Å². The number of thiophene rings is 1. The Hall–Kier alpha value is -1.24. The summed E-state index contributed by atoms with van der Waals surface area (Å²) in [5.74, 6) is 0.0662. The zero-order valence-electron chi connectivity index (χ0n) is 14.7. The monoisotopic (exact) mass is 363 g/mol. The summed E-state index contributed by atoms with van der Waals surface area (Å²) in [4.78, 5) is 18.2. The maximum atomic E-state index is 12.4. The average molecular weight is 364 g/mol. The number of thiazole rings is 1. The Labute approximate surface area is 151 Å². The van der Waals surface area contributed by atoms with Crippen molar-refractivity contribution in [2.75, 3.05) is 0 Å². The molecule has 2 N–H and O–H groups in total. The molecule has 0 unspecified atom stereocenters. The second kappa shape index (κ2) is 6.58. The van der Waals surface area contributed by atoms with Gasteiger partial charge in [0.25, 0.3) is 0 Å². The first-order valence-corrected chi connectivity index (χ1v) is 10.1. The van der Waals surface area contributed by atoms with Crippen LogP contribution < -0.4 is 10.6 Å². The molecule has 1 aliphatic rings. The van der Waals surface area contributed by atoms with E-state index in [0.717, 1.165) is 28.4 Å². The number of nitrogens with one attached hydrogen (secondary N) is 2. The lowest BCUT2D eigenvalue weighted by Crippen LogP contribution is -2.62. The Kier molecular flexibility index (Phi) is 4.82. The lowest BCUT2D eigenvalue weighted by molar-refractivity contribution is -0.121. The van der Waals surface area contributed by atoms with Crippen molar-refractivity contribution in [2.45, 2.75) is 64.1 Å². The molecule has 4 nitrogen and oxygen atoms in total. The minimum absolute atomic E-state index is 0.0344. The van der Waals surface area contributed by atoms with Crippen molar-refractivity contribution in [3.8, 4) is 9.88 Å². The minimum Gasteiger partial charge on any atom is -0.353 e. The molecule has 0 saturated carbocycles. The minimum atomic E-state index is 0.0344. The van der Waals surface area contributed by atoms with E-state index < -0.39 is 0 Å². The van der Waals surface area contributed by atoms with E-state index in [1.54, 1.807) is 22.7 Å². The predicted molar refractivity (Wildman–Crippen MR) is 102 cm³/mol. The average Bonchev–Trinajstić information content (AvgIpc) is 3.03. The molecule has 1 aliphatic heterocycles. The van der Waals surface area contributed by atoms with Crippen LogP contribution in [0.4, 0.5) is 0 Å². The van der Waals surface area contributed by atoms with E-state index in [2.05, 4.69) is 49.4 Å². The summed E-state index contributed by atoms with van der Waals surface area (Å²) in [6, 6.07) is 4.29. The van der Waals surface area contributed by atoms with Gasteiger partial charge in [-0.25, -0.2) is 4.98 Å². The van der Waals surface area contributed by atoms with Gasteiger partial charge in [-0.3, -0.25) is 4.79 Å². The molecule has 0 aliphatic carbocycles. The van der Waals surface area contributed by atoms with Crippen LogP contribution in [0.2, 0.25) is 0 Å². The largest absolute Gasteiger partial charge is 0.353 e. The third-order valence-corrected chi connectivity index (χ3v) is 6.11. The zero-order valence-corrected chi connectivity index (χ0v) is 16.3. The maximum Gasteiger partial charge on any atom is 0.226 e. The summed E-state index contributed by atoms with van der Waals surface area (Å²) in [6.07, 6.45) is 2.24. The Balaban J connectivity index is 1.60. The third-order valence-electron chi connectivity index (χ3n) is 4.18. The van der Waals surface area contributed by atoms with Gasteiger partial charge in [0.1, 0.15) is 5.01 Å². The summed E-state index contributed by atoms with van der Waals surface area (Å²) in [7, 11) is 0. The van der Waals surface area contributed by atoms with E-state index in [-0.39, 0.29) is 23.0 Å². The smallest absolute Gasteiger partial charge is 0.226 e. The number of rotatable bonds is 4. The van der Waals surface area contributed by atoms with Crippen molar-refractivity contribution in [3.05, 3.63) is 28.6 Å². The Morgan fingerprint density at radius 3 is 2.62 bits per heavy atom. The van der Waals surface area contributed by atoms with Crippen molar-refractivity contribution in [3.63, 3.8) is 0 Å². The van der Waals surface area contributed by atoms with Gasteiger partial charge in [-0.15, -0.1) is 22.7 Å².